The van der Waals surface area contributed by atoms with E-state index < -0.39 is 0 Å². The third-order valence-corrected chi connectivity index (χ3v) is 4.17. The maximum atomic E-state index is 11.6. The summed E-state index contributed by atoms with van der Waals surface area (Å²) in [5.41, 5.74) is 3.43. The molecule has 0 aliphatic rings. The van der Waals surface area contributed by atoms with Crippen molar-refractivity contribution in [3.63, 3.8) is 0 Å². The van der Waals surface area contributed by atoms with Gasteiger partial charge in [-0.1, -0.05) is 18.2 Å². The summed E-state index contributed by atoms with van der Waals surface area (Å²) in [6.45, 7) is 5.31. The molecule has 0 atom stereocenters. The smallest absolute Gasteiger partial charge is 0.253 e. The molecule has 0 unspecified atom stereocenters. The maximum absolute atomic E-state index is 11.6. The molecule has 1 N–H and O–H groups in total. The standard InChI is InChI=1S/C20H18N6O/c1-12-9-13(2)26(25-12)20-23-18(10-19(24-20)22-14(3)27)17-6-4-5-15-11-21-8-7-16(15)17/h4-11H,1-3H3,(H,22,23,24,27). The molecule has 0 saturated carbocycles. The van der Waals surface area contributed by atoms with E-state index in [1.807, 2.05) is 50.4 Å². The zero-order valence-electron chi connectivity index (χ0n) is 15.3. The van der Waals surface area contributed by atoms with Gasteiger partial charge >= 0.3 is 0 Å². The van der Waals surface area contributed by atoms with Gasteiger partial charge in [0, 0.05) is 42.0 Å². The van der Waals surface area contributed by atoms with E-state index in [4.69, 9.17) is 4.98 Å². The lowest BCUT2D eigenvalue weighted by atomic mass is 10.0. The Morgan fingerprint density at radius 1 is 1.11 bits per heavy atom. The van der Waals surface area contributed by atoms with E-state index >= 15 is 0 Å². The number of aryl methyl sites for hydroxylation is 2. The van der Waals surface area contributed by atoms with Crippen LogP contribution in [0.2, 0.25) is 0 Å². The van der Waals surface area contributed by atoms with Crippen LogP contribution in [-0.2, 0) is 4.79 Å². The number of rotatable bonds is 3. The second kappa shape index (κ2) is 6.60. The van der Waals surface area contributed by atoms with Crippen LogP contribution in [0.4, 0.5) is 5.82 Å². The van der Waals surface area contributed by atoms with Gasteiger partial charge in [-0.15, -0.1) is 0 Å². The van der Waals surface area contributed by atoms with Crippen LogP contribution in [0.25, 0.3) is 28.0 Å². The highest BCUT2D eigenvalue weighted by atomic mass is 16.1. The zero-order chi connectivity index (χ0) is 19.0. The fraction of sp³-hybridized carbons (Fsp3) is 0.150. The van der Waals surface area contributed by atoms with Crippen molar-refractivity contribution in [2.24, 2.45) is 0 Å². The molecule has 0 saturated heterocycles. The zero-order valence-corrected chi connectivity index (χ0v) is 15.3. The van der Waals surface area contributed by atoms with Crippen molar-refractivity contribution in [1.29, 1.82) is 0 Å². The van der Waals surface area contributed by atoms with E-state index in [0.29, 0.717) is 17.5 Å². The van der Waals surface area contributed by atoms with Gasteiger partial charge in [-0.25, -0.2) is 9.67 Å². The summed E-state index contributed by atoms with van der Waals surface area (Å²) in [6, 6.07) is 11.6. The molecule has 3 aromatic heterocycles. The lowest BCUT2D eigenvalue weighted by Gasteiger charge is -2.11. The number of amides is 1. The Bertz CT molecular complexity index is 1160. The van der Waals surface area contributed by atoms with Crippen molar-refractivity contribution in [2.45, 2.75) is 20.8 Å². The number of carbonyl (C=O) groups is 1. The van der Waals surface area contributed by atoms with Gasteiger partial charge in [-0.3, -0.25) is 9.78 Å². The summed E-state index contributed by atoms with van der Waals surface area (Å²) in [6.07, 6.45) is 3.57. The molecule has 7 nitrogen and oxygen atoms in total. The van der Waals surface area contributed by atoms with Crippen molar-refractivity contribution in [3.05, 3.63) is 60.2 Å². The van der Waals surface area contributed by atoms with E-state index in [1.54, 1.807) is 16.9 Å². The fourth-order valence-corrected chi connectivity index (χ4v) is 3.09. The van der Waals surface area contributed by atoms with Crippen molar-refractivity contribution in [3.8, 4) is 17.2 Å². The number of nitrogens with zero attached hydrogens (tertiary/aromatic N) is 5. The third-order valence-electron chi connectivity index (χ3n) is 4.17. The third kappa shape index (κ3) is 3.27. The molecule has 0 spiro atoms. The van der Waals surface area contributed by atoms with Gasteiger partial charge in [0.25, 0.3) is 5.95 Å². The molecule has 0 aliphatic carbocycles. The molecule has 134 valence electrons. The number of hydrogen-bond donors (Lipinski definition) is 1. The van der Waals surface area contributed by atoms with E-state index in [1.165, 1.54) is 6.92 Å². The number of carbonyl (C=O) groups excluding carboxylic acids is 1. The van der Waals surface area contributed by atoms with E-state index in [-0.39, 0.29) is 5.91 Å². The summed E-state index contributed by atoms with van der Waals surface area (Å²) in [4.78, 5) is 25.0. The predicted molar refractivity (Wildman–Crippen MR) is 104 cm³/mol. The highest BCUT2D eigenvalue weighted by molar-refractivity contribution is 5.96. The van der Waals surface area contributed by atoms with E-state index in [9.17, 15) is 4.79 Å². The first-order valence-corrected chi connectivity index (χ1v) is 8.55. The minimum Gasteiger partial charge on any atom is -0.311 e. The number of anilines is 1. The van der Waals surface area contributed by atoms with Crippen LogP contribution in [-0.4, -0.2) is 30.6 Å². The van der Waals surface area contributed by atoms with Gasteiger partial charge in [-0.2, -0.15) is 10.1 Å². The molecule has 4 aromatic rings. The summed E-state index contributed by atoms with van der Waals surface area (Å²) < 4.78 is 1.68. The highest BCUT2D eigenvalue weighted by Crippen LogP contribution is 2.28. The first kappa shape index (κ1) is 16.8. The van der Waals surface area contributed by atoms with E-state index in [0.717, 1.165) is 27.7 Å². The first-order valence-electron chi connectivity index (χ1n) is 8.55. The molecule has 1 amide bonds. The Morgan fingerprint density at radius 2 is 1.96 bits per heavy atom. The largest absolute Gasteiger partial charge is 0.311 e. The van der Waals surface area contributed by atoms with Gasteiger partial charge in [0.05, 0.1) is 11.4 Å². The molecule has 3 heterocycles. The molecule has 0 radical (unpaired) electrons. The number of benzene rings is 1. The van der Waals surface area contributed by atoms with Crippen LogP contribution in [0, 0.1) is 13.8 Å². The molecular weight excluding hydrogens is 340 g/mol. The normalized spacial score (nSPS) is 10.9. The molecule has 1 aromatic carbocycles. The van der Waals surface area contributed by atoms with Crippen LogP contribution >= 0.6 is 0 Å². The van der Waals surface area contributed by atoms with Crippen molar-refractivity contribution >= 4 is 22.5 Å². The minimum atomic E-state index is -0.193. The Kier molecular flexibility index (Phi) is 4.12. The monoisotopic (exact) mass is 358 g/mol. The van der Waals surface area contributed by atoms with Crippen molar-refractivity contribution < 1.29 is 4.79 Å². The summed E-state index contributed by atoms with van der Waals surface area (Å²) >= 11 is 0. The van der Waals surface area contributed by atoms with Crippen LogP contribution in [0.5, 0.6) is 0 Å². The number of pyridine rings is 1. The minimum absolute atomic E-state index is 0.193. The molecule has 0 aliphatic heterocycles. The number of aromatic nitrogens is 5. The Hall–Kier alpha value is -3.61. The molecule has 4 rings (SSSR count). The molecule has 0 bridgehead atoms. The van der Waals surface area contributed by atoms with Crippen molar-refractivity contribution in [1.82, 2.24) is 24.7 Å². The predicted octanol–water partition coefficient (Wildman–Crippen LogP) is 3.45. The number of fused-ring (bicyclic) bond motifs is 1. The molecule has 7 heteroatoms. The van der Waals surface area contributed by atoms with Crippen LogP contribution in [0.3, 0.4) is 0 Å². The highest BCUT2D eigenvalue weighted by Gasteiger charge is 2.14. The summed E-state index contributed by atoms with van der Waals surface area (Å²) in [5.74, 6) is 0.648. The number of hydrogen-bond acceptors (Lipinski definition) is 5. The summed E-state index contributed by atoms with van der Waals surface area (Å²) in [7, 11) is 0. The van der Waals surface area contributed by atoms with E-state index in [2.05, 4.69) is 20.4 Å². The average Bonchev–Trinajstić information content (AvgIpc) is 2.98. The second-order valence-electron chi connectivity index (χ2n) is 6.36. The van der Waals surface area contributed by atoms with Crippen molar-refractivity contribution in [2.75, 3.05) is 5.32 Å². The van der Waals surface area contributed by atoms with Crippen LogP contribution < -0.4 is 5.32 Å². The van der Waals surface area contributed by atoms with Gasteiger partial charge in [0.2, 0.25) is 5.91 Å². The van der Waals surface area contributed by atoms with Gasteiger partial charge in [-0.05, 0) is 31.4 Å². The van der Waals surface area contributed by atoms with Gasteiger partial charge < -0.3 is 5.32 Å². The average molecular weight is 358 g/mol. The Balaban J connectivity index is 1.95. The Labute approximate surface area is 156 Å². The SMILES string of the molecule is CC(=O)Nc1cc(-c2cccc3cnccc23)nc(-n2nc(C)cc2C)n1. The lowest BCUT2D eigenvalue weighted by Crippen LogP contribution is -2.12. The lowest BCUT2D eigenvalue weighted by molar-refractivity contribution is -0.114. The fourth-order valence-electron chi connectivity index (χ4n) is 3.09. The number of nitrogens with one attached hydrogen (secondary N) is 1. The first-order chi connectivity index (χ1) is 13.0. The molecule has 0 fully saturated rings. The van der Waals surface area contributed by atoms with Gasteiger partial charge in [0.1, 0.15) is 5.82 Å². The topological polar surface area (TPSA) is 85.6 Å². The molecule has 27 heavy (non-hydrogen) atoms. The van der Waals surface area contributed by atoms with Gasteiger partial charge in [0.15, 0.2) is 0 Å². The summed E-state index contributed by atoms with van der Waals surface area (Å²) in [5, 5.41) is 9.27. The van der Waals surface area contributed by atoms with Crippen LogP contribution in [0.15, 0.2) is 48.8 Å². The Morgan fingerprint density at radius 3 is 2.70 bits per heavy atom. The molecular formula is C20H18N6O. The maximum Gasteiger partial charge on any atom is 0.253 e. The second-order valence-corrected chi connectivity index (χ2v) is 6.36. The van der Waals surface area contributed by atoms with Crippen LogP contribution in [0.1, 0.15) is 18.3 Å². The quantitative estimate of drug-likeness (QED) is 0.606.